The number of rotatable bonds is 5. The number of hydrogen-bond donors (Lipinski definition) is 3. The second-order valence-corrected chi connectivity index (χ2v) is 8.14. The van der Waals surface area contributed by atoms with Gasteiger partial charge in [-0.1, -0.05) is 36.4 Å². The number of nitriles is 1. The number of nitrogens with one attached hydrogen (secondary N) is 3. The Morgan fingerprint density at radius 2 is 1.85 bits per heavy atom. The van der Waals surface area contributed by atoms with Crippen LogP contribution in [0.25, 0.3) is 0 Å². The van der Waals surface area contributed by atoms with Crippen LogP contribution in [-0.2, 0) is 11.6 Å². The number of amides is 1. The number of benzene rings is 2. The van der Waals surface area contributed by atoms with Gasteiger partial charge in [-0.2, -0.15) is 18.4 Å². The molecule has 174 valence electrons. The molecule has 1 saturated carbocycles. The summed E-state index contributed by atoms with van der Waals surface area (Å²) in [5.74, 6) is -0.122. The molecular weight excluding hydrogens is 431 g/mol. The van der Waals surface area contributed by atoms with Crippen molar-refractivity contribution in [2.24, 2.45) is 4.99 Å². The van der Waals surface area contributed by atoms with Crippen LogP contribution >= 0.6 is 0 Å². The van der Waals surface area contributed by atoms with Crippen LogP contribution in [0, 0.1) is 11.5 Å². The van der Waals surface area contributed by atoms with Crippen LogP contribution in [0.4, 0.5) is 13.2 Å². The van der Waals surface area contributed by atoms with Crippen LogP contribution < -0.4 is 16.0 Å². The van der Waals surface area contributed by atoms with Crippen molar-refractivity contribution in [1.29, 1.82) is 5.26 Å². The molecule has 0 aliphatic heterocycles. The molecule has 0 unspecified atom stereocenters. The van der Waals surface area contributed by atoms with E-state index in [9.17, 15) is 18.0 Å². The van der Waals surface area contributed by atoms with Crippen LogP contribution in [0.2, 0.25) is 0 Å². The van der Waals surface area contributed by atoms with E-state index < -0.39 is 17.6 Å². The van der Waals surface area contributed by atoms with Gasteiger partial charge in [0, 0.05) is 30.6 Å². The molecule has 0 saturated heterocycles. The number of hydrogen-bond acceptors (Lipinski definition) is 3. The molecule has 1 amide bonds. The fraction of sp³-hybridized carbons (Fsp3) is 0.375. The Morgan fingerprint density at radius 1 is 1.15 bits per heavy atom. The van der Waals surface area contributed by atoms with E-state index in [-0.39, 0.29) is 17.0 Å². The molecule has 0 radical (unpaired) electrons. The minimum atomic E-state index is -4.51. The Bertz CT molecular complexity index is 1020. The van der Waals surface area contributed by atoms with Gasteiger partial charge in [0.25, 0.3) is 5.91 Å². The molecule has 0 spiro atoms. The van der Waals surface area contributed by atoms with Crippen LogP contribution in [-0.4, -0.2) is 31.5 Å². The van der Waals surface area contributed by atoms with Gasteiger partial charge in [0.05, 0.1) is 5.56 Å². The minimum Gasteiger partial charge on any atom is -0.353 e. The van der Waals surface area contributed by atoms with Gasteiger partial charge in [-0.15, -0.1) is 0 Å². The molecule has 6 nitrogen and oxygen atoms in total. The van der Waals surface area contributed by atoms with E-state index >= 15 is 0 Å². The molecule has 2 aromatic carbocycles. The first-order chi connectivity index (χ1) is 15.8. The zero-order valence-electron chi connectivity index (χ0n) is 18.2. The summed E-state index contributed by atoms with van der Waals surface area (Å²) in [5, 5.41) is 17.4. The highest BCUT2D eigenvalue weighted by Gasteiger charge is 2.37. The summed E-state index contributed by atoms with van der Waals surface area (Å²) >= 11 is 0. The fourth-order valence-electron chi connectivity index (χ4n) is 4.27. The lowest BCUT2D eigenvalue weighted by Gasteiger charge is -2.41. The number of nitrogens with zero attached hydrogens (tertiary/aromatic N) is 2. The first kappa shape index (κ1) is 24.1. The molecule has 33 heavy (non-hydrogen) atoms. The summed E-state index contributed by atoms with van der Waals surface area (Å²) in [4.78, 5) is 16.7. The Kier molecular flexibility index (Phi) is 7.59. The van der Waals surface area contributed by atoms with Crippen molar-refractivity contribution in [2.45, 2.75) is 43.3 Å². The molecule has 0 bridgehead atoms. The molecule has 0 aromatic heterocycles. The lowest BCUT2D eigenvalue weighted by Crippen LogP contribution is -2.49. The van der Waals surface area contributed by atoms with Crippen molar-refractivity contribution >= 4 is 11.9 Å². The van der Waals surface area contributed by atoms with Gasteiger partial charge < -0.3 is 10.6 Å². The summed E-state index contributed by atoms with van der Waals surface area (Å²) in [6.07, 6.45) is 0.403. The summed E-state index contributed by atoms with van der Waals surface area (Å²) in [5.41, 5.74) is -0.135. The number of alkyl halides is 3. The van der Waals surface area contributed by atoms with Crippen molar-refractivity contribution < 1.29 is 18.0 Å². The Morgan fingerprint density at radius 3 is 2.45 bits per heavy atom. The van der Waals surface area contributed by atoms with Crippen molar-refractivity contribution in [3.63, 3.8) is 0 Å². The van der Waals surface area contributed by atoms with Crippen molar-refractivity contribution in [3.8, 4) is 6.19 Å². The lowest BCUT2D eigenvalue weighted by molar-refractivity contribution is -0.137. The van der Waals surface area contributed by atoms with Gasteiger partial charge in [-0.05, 0) is 49.4 Å². The summed E-state index contributed by atoms with van der Waals surface area (Å²) in [6.45, 7) is 0.310. The average molecular weight is 458 g/mol. The molecule has 0 atom stereocenters. The molecule has 3 rings (SSSR count). The summed E-state index contributed by atoms with van der Waals surface area (Å²) < 4.78 is 39.1. The van der Waals surface area contributed by atoms with Gasteiger partial charge >= 0.3 is 6.18 Å². The number of carbonyl (C=O) groups excluding carboxylic acids is 1. The number of carbonyl (C=O) groups is 1. The third-order valence-corrected chi connectivity index (χ3v) is 6.11. The summed E-state index contributed by atoms with van der Waals surface area (Å²) in [7, 11) is 1.59. The zero-order valence-corrected chi connectivity index (χ0v) is 18.2. The maximum atomic E-state index is 13.0. The SMILES string of the molecule is CN=C(NC#N)NC1CCC(CNC(=O)c2cccc(C(F)(F)F)c2)(c2ccccc2)CC1. The molecule has 1 fully saturated rings. The highest BCUT2D eigenvalue weighted by Crippen LogP contribution is 2.39. The molecule has 3 N–H and O–H groups in total. The third kappa shape index (κ3) is 6.04. The smallest absolute Gasteiger partial charge is 0.353 e. The second-order valence-electron chi connectivity index (χ2n) is 8.14. The minimum absolute atomic E-state index is 0.0187. The normalized spacial score (nSPS) is 21.1. The van der Waals surface area contributed by atoms with Crippen LogP contribution in [0.5, 0.6) is 0 Å². The lowest BCUT2D eigenvalue weighted by atomic mass is 9.68. The molecule has 1 aliphatic carbocycles. The topological polar surface area (TPSA) is 89.3 Å². The van der Waals surface area contributed by atoms with Gasteiger partial charge in [-0.25, -0.2) is 0 Å². The largest absolute Gasteiger partial charge is 0.416 e. The Labute approximate surface area is 190 Å². The van der Waals surface area contributed by atoms with E-state index in [2.05, 4.69) is 20.9 Å². The molecule has 1 aliphatic rings. The average Bonchev–Trinajstić information content (AvgIpc) is 2.83. The van der Waals surface area contributed by atoms with E-state index in [4.69, 9.17) is 5.26 Å². The molecule has 0 heterocycles. The maximum Gasteiger partial charge on any atom is 0.416 e. The van der Waals surface area contributed by atoms with E-state index in [0.29, 0.717) is 12.5 Å². The number of halogens is 3. The van der Waals surface area contributed by atoms with E-state index in [1.807, 2.05) is 36.5 Å². The third-order valence-electron chi connectivity index (χ3n) is 6.11. The molecular formula is C24H26F3N5O. The second kappa shape index (κ2) is 10.4. The first-order valence-corrected chi connectivity index (χ1v) is 10.7. The van der Waals surface area contributed by atoms with Gasteiger partial charge in [0.1, 0.15) is 0 Å². The van der Waals surface area contributed by atoms with E-state index in [1.165, 1.54) is 12.1 Å². The molecule has 2 aromatic rings. The molecule has 9 heteroatoms. The van der Waals surface area contributed by atoms with E-state index in [1.54, 1.807) is 7.05 Å². The predicted octanol–water partition coefficient (Wildman–Crippen LogP) is 3.96. The predicted molar refractivity (Wildman–Crippen MR) is 119 cm³/mol. The van der Waals surface area contributed by atoms with Gasteiger partial charge in [0.2, 0.25) is 5.96 Å². The quantitative estimate of drug-likeness (QED) is 0.274. The van der Waals surface area contributed by atoms with Crippen LogP contribution in [0.1, 0.15) is 47.2 Å². The fourth-order valence-corrected chi connectivity index (χ4v) is 4.27. The van der Waals surface area contributed by atoms with Crippen molar-refractivity contribution in [2.75, 3.05) is 13.6 Å². The number of aliphatic imine (C=N–C) groups is 1. The van der Waals surface area contributed by atoms with Crippen LogP contribution in [0.15, 0.2) is 59.6 Å². The highest BCUT2D eigenvalue weighted by molar-refractivity contribution is 5.94. The van der Waals surface area contributed by atoms with Gasteiger partial charge in [0.15, 0.2) is 6.19 Å². The highest BCUT2D eigenvalue weighted by atomic mass is 19.4. The van der Waals surface area contributed by atoms with E-state index in [0.717, 1.165) is 43.4 Å². The van der Waals surface area contributed by atoms with Gasteiger partial charge in [-0.3, -0.25) is 15.1 Å². The zero-order chi connectivity index (χ0) is 23.9. The standard InChI is InChI=1S/C24H26F3N5O/c1-29-22(31-16-28)32-20-10-12-23(13-11-20,18-7-3-2-4-8-18)15-30-21(33)17-6-5-9-19(14-17)24(25,26)27/h2-9,14,20H,10-13,15H2,1H3,(H,30,33)(H2,29,31,32). The maximum absolute atomic E-state index is 13.0. The summed E-state index contributed by atoms with van der Waals surface area (Å²) in [6, 6.07) is 14.4. The monoisotopic (exact) mass is 457 g/mol. The Hall–Kier alpha value is -3.54. The van der Waals surface area contributed by atoms with Crippen LogP contribution in [0.3, 0.4) is 0 Å². The van der Waals surface area contributed by atoms with Crippen molar-refractivity contribution in [1.82, 2.24) is 16.0 Å². The number of guanidine groups is 1. The first-order valence-electron chi connectivity index (χ1n) is 10.7. The Balaban J connectivity index is 1.73. The van der Waals surface area contributed by atoms with Crippen molar-refractivity contribution in [3.05, 3.63) is 71.3 Å².